The molecule has 0 saturated carbocycles. The molecule has 0 aliphatic carbocycles. The van der Waals surface area contributed by atoms with E-state index in [1.807, 2.05) is 34.9 Å². The Morgan fingerprint density at radius 1 is 1.10 bits per heavy atom. The number of hydrogen-bond acceptors (Lipinski definition) is 4. The Balaban J connectivity index is 1.44. The maximum atomic E-state index is 13.1. The minimum Gasteiger partial charge on any atom is -0.338 e. The third-order valence-corrected chi connectivity index (χ3v) is 6.03. The van der Waals surface area contributed by atoms with Crippen molar-refractivity contribution >= 4 is 11.8 Å². The SMILES string of the molecule is CCN1CCN(C(=O)c2n[nH]c3c2CN(C(=O)Cc2cccc(C)c2)CC3)CC1. The molecule has 1 N–H and O–H groups in total. The van der Waals surface area contributed by atoms with Crippen molar-refractivity contribution in [2.24, 2.45) is 0 Å². The molecular weight excluding hydrogens is 366 g/mol. The molecule has 0 unspecified atom stereocenters. The Morgan fingerprint density at radius 2 is 1.90 bits per heavy atom. The molecular formula is C22H29N5O2. The van der Waals surface area contributed by atoms with E-state index in [4.69, 9.17) is 0 Å². The molecule has 2 amide bonds. The number of H-pyrrole nitrogens is 1. The van der Waals surface area contributed by atoms with E-state index < -0.39 is 0 Å². The number of hydrogen-bond donors (Lipinski definition) is 1. The number of carbonyl (C=O) groups is 2. The summed E-state index contributed by atoms with van der Waals surface area (Å²) in [6.07, 6.45) is 1.09. The van der Waals surface area contributed by atoms with Gasteiger partial charge in [-0.3, -0.25) is 14.7 Å². The first-order chi connectivity index (χ1) is 14.0. The number of rotatable bonds is 4. The second-order valence-electron chi connectivity index (χ2n) is 7.99. The third-order valence-electron chi connectivity index (χ3n) is 6.03. The first-order valence-electron chi connectivity index (χ1n) is 10.5. The number of benzene rings is 1. The molecule has 2 aromatic rings. The lowest BCUT2D eigenvalue weighted by Gasteiger charge is -2.34. The van der Waals surface area contributed by atoms with Gasteiger partial charge in [-0.15, -0.1) is 0 Å². The van der Waals surface area contributed by atoms with Crippen LogP contribution in [0.4, 0.5) is 0 Å². The number of aromatic nitrogens is 2. The minimum absolute atomic E-state index is 0.0220. The van der Waals surface area contributed by atoms with Crippen LogP contribution >= 0.6 is 0 Å². The van der Waals surface area contributed by atoms with Crippen molar-refractivity contribution in [2.45, 2.75) is 33.2 Å². The van der Waals surface area contributed by atoms with Crippen LogP contribution in [0.2, 0.25) is 0 Å². The molecule has 4 rings (SSSR count). The summed E-state index contributed by atoms with van der Waals surface area (Å²) >= 11 is 0. The first-order valence-corrected chi connectivity index (χ1v) is 10.5. The fourth-order valence-corrected chi connectivity index (χ4v) is 4.21. The van der Waals surface area contributed by atoms with Crippen molar-refractivity contribution in [1.29, 1.82) is 0 Å². The Morgan fingerprint density at radius 3 is 2.62 bits per heavy atom. The van der Waals surface area contributed by atoms with Crippen LogP contribution in [0.5, 0.6) is 0 Å². The highest BCUT2D eigenvalue weighted by molar-refractivity contribution is 5.94. The lowest BCUT2D eigenvalue weighted by molar-refractivity contribution is -0.131. The quantitative estimate of drug-likeness (QED) is 0.854. The summed E-state index contributed by atoms with van der Waals surface area (Å²) in [6.45, 7) is 9.54. The van der Waals surface area contributed by atoms with Crippen molar-refractivity contribution in [1.82, 2.24) is 24.9 Å². The third kappa shape index (κ3) is 4.19. The molecule has 0 spiro atoms. The van der Waals surface area contributed by atoms with Crippen LogP contribution in [0.15, 0.2) is 24.3 Å². The van der Waals surface area contributed by atoms with Gasteiger partial charge in [0.1, 0.15) is 0 Å². The van der Waals surface area contributed by atoms with Crippen molar-refractivity contribution in [3.63, 3.8) is 0 Å². The molecule has 0 atom stereocenters. The normalized spacial score (nSPS) is 17.3. The fraction of sp³-hybridized carbons (Fsp3) is 0.500. The zero-order chi connectivity index (χ0) is 20.4. The Kier molecular flexibility index (Phi) is 5.67. The Bertz CT molecular complexity index is 898. The van der Waals surface area contributed by atoms with Gasteiger partial charge in [-0.1, -0.05) is 36.8 Å². The van der Waals surface area contributed by atoms with Crippen LogP contribution in [0, 0.1) is 6.92 Å². The number of aromatic amines is 1. The van der Waals surface area contributed by atoms with Gasteiger partial charge in [-0.05, 0) is 19.0 Å². The van der Waals surface area contributed by atoms with Gasteiger partial charge in [0.25, 0.3) is 5.91 Å². The molecule has 29 heavy (non-hydrogen) atoms. The van der Waals surface area contributed by atoms with Crippen LogP contribution in [-0.4, -0.2) is 76.0 Å². The van der Waals surface area contributed by atoms with Crippen LogP contribution in [0.1, 0.15) is 39.8 Å². The summed E-state index contributed by atoms with van der Waals surface area (Å²) in [7, 11) is 0. The summed E-state index contributed by atoms with van der Waals surface area (Å²) < 4.78 is 0. The number of fused-ring (bicyclic) bond motifs is 1. The molecule has 3 heterocycles. The lowest BCUT2D eigenvalue weighted by atomic mass is 10.0. The predicted molar refractivity (Wildman–Crippen MR) is 111 cm³/mol. The molecule has 1 fully saturated rings. The summed E-state index contributed by atoms with van der Waals surface area (Å²) in [5.74, 6) is 0.0728. The number of carbonyl (C=O) groups excluding carboxylic acids is 2. The summed E-state index contributed by atoms with van der Waals surface area (Å²) in [5.41, 5.74) is 4.54. The second kappa shape index (κ2) is 8.37. The average molecular weight is 396 g/mol. The lowest BCUT2D eigenvalue weighted by Crippen LogP contribution is -2.48. The second-order valence-corrected chi connectivity index (χ2v) is 7.99. The smallest absolute Gasteiger partial charge is 0.274 e. The van der Waals surface area contributed by atoms with Crippen LogP contribution in [0.3, 0.4) is 0 Å². The molecule has 0 radical (unpaired) electrons. The van der Waals surface area contributed by atoms with Gasteiger partial charge in [0.15, 0.2) is 5.69 Å². The average Bonchev–Trinajstić information content (AvgIpc) is 3.16. The molecule has 1 saturated heterocycles. The zero-order valence-electron chi connectivity index (χ0n) is 17.3. The van der Waals surface area contributed by atoms with Crippen molar-refractivity contribution in [3.8, 4) is 0 Å². The van der Waals surface area contributed by atoms with Gasteiger partial charge in [0.2, 0.25) is 5.91 Å². The fourth-order valence-electron chi connectivity index (χ4n) is 4.21. The van der Waals surface area contributed by atoms with E-state index in [1.54, 1.807) is 0 Å². The molecule has 7 nitrogen and oxygen atoms in total. The standard InChI is InChI=1S/C22H29N5O2/c1-3-25-9-11-26(12-10-25)22(29)21-18-15-27(8-7-19(18)23-24-21)20(28)14-17-6-4-5-16(2)13-17/h4-6,13H,3,7-12,14-15H2,1-2H3,(H,23,24). The van der Waals surface area contributed by atoms with Crippen molar-refractivity contribution < 1.29 is 9.59 Å². The molecule has 2 aliphatic heterocycles. The van der Waals surface area contributed by atoms with Crippen molar-refractivity contribution in [2.75, 3.05) is 39.3 Å². The van der Waals surface area contributed by atoms with Gasteiger partial charge in [-0.2, -0.15) is 5.10 Å². The number of piperazine rings is 1. The maximum absolute atomic E-state index is 13.1. The van der Waals surface area contributed by atoms with Gasteiger partial charge < -0.3 is 14.7 Å². The molecule has 7 heteroatoms. The predicted octanol–water partition coefficient (Wildman–Crippen LogP) is 1.62. The van der Waals surface area contributed by atoms with Crippen LogP contribution in [0.25, 0.3) is 0 Å². The topological polar surface area (TPSA) is 72.5 Å². The van der Waals surface area contributed by atoms with Gasteiger partial charge in [-0.25, -0.2) is 0 Å². The monoisotopic (exact) mass is 395 g/mol. The van der Waals surface area contributed by atoms with Crippen LogP contribution in [-0.2, 0) is 24.2 Å². The van der Waals surface area contributed by atoms with E-state index in [9.17, 15) is 9.59 Å². The molecule has 1 aromatic carbocycles. The van der Waals surface area contributed by atoms with Crippen LogP contribution < -0.4 is 0 Å². The van der Waals surface area contributed by atoms with Gasteiger partial charge in [0, 0.05) is 56.9 Å². The number of likely N-dealkylation sites (N-methyl/N-ethyl adjacent to an activating group) is 1. The summed E-state index contributed by atoms with van der Waals surface area (Å²) in [5, 5.41) is 7.37. The zero-order valence-corrected chi connectivity index (χ0v) is 17.3. The molecule has 154 valence electrons. The number of amides is 2. The van der Waals surface area contributed by atoms with Gasteiger partial charge in [0.05, 0.1) is 6.42 Å². The van der Waals surface area contributed by atoms with E-state index in [-0.39, 0.29) is 11.8 Å². The highest BCUT2D eigenvalue weighted by atomic mass is 16.2. The highest BCUT2D eigenvalue weighted by Gasteiger charge is 2.31. The van der Waals surface area contributed by atoms with E-state index in [0.29, 0.717) is 31.6 Å². The minimum atomic E-state index is -0.0220. The number of nitrogens with one attached hydrogen (secondary N) is 1. The first kappa shape index (κ1) is 19.6. The summed E-state index contributed by atoms with van der Waals surface area (Å²) in [4.78, 5) is 32.0. The Labute approximate surface area is 171 Å². The van der Waals surface area contributed by atoms with E-state index in [1.165, 1.54) is 0 Å². The van der Waals surface area contributed by atoms with Gasteiger partial charge >= 0.3 is 0 Å². The molecule has 0 bridgehead atoms. The van der Waals surface area contributed by atoms with Crippen molar-refractivity contribution in [3.05, 3.63) is 52.3 Å². The maximum Gasteiger partial charge on any atom is 0.274 e. The van der Waals surface area contributed by atoms with E-state index in [2.05, 4.69) is 28.1 Å². The van der Waals surface area contributed by atoms with E-state index >= 15 is 0 Å². The molecule has 2 aliphatic rings. The highest BCUT2D eigenvalue weighted by Crippen LogP contribution is 2.23. The summed E-state index contributed by atoms with van der Waals surface area (Å²) in [6, 6.07) is 8.06. The molecule has 1 aromatic heterocycles. The number of aryl methyl sites for hydroxylation is 1. The largest absolute Gasteiger partial charge is 0.338 e. The Hall–Kier alpha value is -2.67. The van der Waals surface area contributed by atoms with E-state index in [0.717, 1.165) is 55.1 Å². The number of nitrogens with zero attached hydrogens (tertiary/aromatic N) is 4.